The molecule has 32 heavy (non-hydrogen) atoms. The number of imidazole rings is 1. The van der Waals surface area contributed by atoms with Crippen molar-refractivity contribution in [3.05, 3.63) is 72.3 Å². The third-order valence-corrected chi connectivity index (χ3v) is 5.70. The summed E-state index contributed by atoms with van der Waals surface area (Å²) in [5, 5.41) is 19.6. The van der Waals surface area contributed by atoms with E-state index in [1.807, 2.05) is 62.4 Å². The zero-order chi connectivity index (χ0) is 22.7. The second kappa shape index (κ2) is 9.17. The van der Waals surface area contributed by atoms with E-state index in [9.17, 15) is 10.2 Å². The average molecular weight is 433 g/mol. The first-order chi connectivity index (χ1) is 15.4. The van der Waals surface area contributed by atoms with Crippen molar-refractivity contribution >= 4 is 0 Å². The number of aliphatic hydroxyl groups excluding tert-OH is 2. The molecular formula is C26H28N2O4. The van der Waals surface area contributed by atoms with Crippen LogP contribution in [0, 0.1) is 11.8 Å². The molecule has 1 aliphatic rings. The van der Waals surface area contributed by atoms with E-state index in [1.54, 1.807) is 23.9 Å². The van der Waals surface area contributed by atoms with Gasteiger partial charge in [0.15, 0.2) is 6.10 Å². The lowest BCUT2D eigenvalue weighted by atomic mass is 9.96. The lowest BCUT2D eigenvalue weighted by Crippen LogP contribution is -2.56. The van der Waals surface area contributed by atoms with E-state index in [1.165, 1.54) is 0 Å². The number of rotatable bonds is 6. The van der Waals surface area contributed by atoms with Gasteiger partial charge in [-0.2, -0.15) is 0 Å². The van der Waals surface area contributed by atoms with E-state index < -0.39 is 12.1 Å². The lowest BCUT2D eigenvalue weighted by molar-refractivity contribution is -0.207. The van der Waals surface area contributed by atoms with E-state index in [4.69, 9.17) is 9.47 Å². The SMILES string of the molecule is C[C@H](O)c1nccn1[C@@H](C#Cc1ccc(-c2ccc(OC3COC3(C)C)cc2)cc1)CO. The molecule has 0 bridgehead atoms. The third-order valence-electron chi connectivity index (χ3n) is 5.70. The Morgan fingerprint density at radius 2 is 1.81 bits per heavy atom. The van der Waals surface area contributed by atoms with Crippen LogP contribution in [-0.4, -0.2) is 44.7 Å². The van der Waals surface area contributed by atoms with Crippen LogP contribution in [0.15, 0.2) is 60.9 Å². The van der Waals surface area contributed by atoms with Crippen LogP contribution in [0.1, 0.15) is 44.3 Å². The highest BCUT2D eigenvalue weighted by atomic mass is 16.6. The molecule has 0 radical (unpaired) electrons. The maximum absolute atomic E-state index is 9.83. The highest BCUT2D eigenvalue weighted by Gasteiger charge is 2.42. The fourth-order valence-corrected chi connectivity index (χ4v) is 3.58. The molecular weight excluding hydrogens is 404 g/mol. The van der Waals surface area contributed by atoms with Crippen molar-refractivity contribution in [1.82, 2.24) is 9.55 Å². The topological polar surface area (TPSA) is 76.7 Å². The Hall–Kier alpha value is -3.11. The average Bonchev–Trinajstić information content (AvgIpc) is 3.28. The molecule has 0 spiro atoms. The minimum atomic E-state index is -0.731. The monoisotopic (exact) mass is 432 g/mol. The van der Waals surface area contributed by atoms with Gasteiger partial charge in [0.2, 0.25) is 0 Å². The van der Waals surface area contributed by atoms with Gasteiger partial charge in [0, 0.05) is 18.0 Å². The van der Waals surface area contributed by atoms with Gasteiger partial charge in [-0.3, -0.25) is 0 Å². The van der Waals surface area contributed by atoms with Crippen LogP contribution in [0.5, 0.6) is 5.75 Å². The number of hydrogen-bond donors (Lipinski definition) is 2. The second-order valence-electron chi connectivity index (χ2n) is 8.46. The Bertz CT molecular complexity index is 1110. The van der Waals surface area contributed by atoms with Gasteiger partial charge in [-0.15, -0.1) is 0 Å². The number of nitrogens with zero attached hydrogens (tertiary/aromatic N) is 2. The molecule has 0 saturated carbocycles. The van der Waals surface area contributed by atoms with Crippen molar-refractivity contribution in [2.24, 2.45) is 0 Å². The first-order valence-corrected chi connectivity index (χ1v) is 10.7. The van der Waals surface area contributed by atoms with Crippen molar-refractivity contribution in [2.75, 3.05) is 13.2 Å². The summed E-state index contributed by atoms with van der Waals surface area (Å²) in [7, 11) is 0. The maximum Gasteiger partial charge on any atom is 0.150 e. The van der Waals surface area contributed by atoms with Gasteiger partial charge in [0.25, 0.3) is 0 Å². The van der Waals surface area contributed by atoms with Gasteiger partial charge in [-0.25, -0.2) is 4.98 Å². The summed E-state index contributed by atoms with van der Waals surface area (Å²) in [6.07, 6.45) is 2.66. The molecule has 166 valence electrons. The Balaban J connectivity index is 1.44. The molecule has 2 N–H and O–H groups in total. The Morgan fingerprint density at radius 1 is 1.16 bits per heavy atom. The quantitative estimate of drug-likeness (QED) is 0.581. The summed E-state index contributed by atoms with van der Waals surface area (Å²) in [4.78, 5) is 4.14. The van der Waals surface area contributed by atoms with Gasteiger partial charge in [0.05, 0.1) is 13.2 Å². The first kappa shape index (κ1) is 22.1. The number of aliphatic hydroxyl groups is 2. The number of benzene rings is 2. The fourth-order valence-electron chi connectivity index (χ4n) is 3.58. The van der Waals surface area contributed by atoms with Crippen LogP contribution in [-0.2, 0) is 4.74 Å². The van der Waals surface area contributed by atoms with Crippen LogP contribution in [0.3, 0.4) is 0 Å². The summed E-state index contributed by atoms with van der Waals surface area (Å²) in [5.41, 5.74) is 2.78. The largest absolute Gasteiger partial charge is 0.485 e. The number of ether oxygens (including phenoxy) is 2. The highest BCUT2D eigenvalue weighted by molar-refractivity contribution is 5.65. The van der Waals surface area contributed by atoms with Gasteiger partial charge < -0.3 is 24.3 Å². The highest BCUT2D eigenvalue weighted by Crippen LogP contribution is 2.31. The molecule has 1 aromatic heterocycles. The first-order valence-electron chi connectivity index (χ1n) is 10.7. The summed E-state index contributed by atoms with van der Waals surface area (Å²) in [6, 6.07) is 15.5. The third kappa shape index (κ3) is 4.71. The van der Waals surface area contributed by atoms with Gasteiger partial charge >= 0.3 is 0 Å². The number of hydrogen-bond acceptors (Lipinski definition) is 5. The molecule has 1 fully saturated rings. The van der Waals surface area contributed by atoms with Gasteiger partial charge in [-0.1, -0.05) is 36.1 Å². The van der Waals surface area contributed by atoms with Crippen LogP contribution >= 0.6 is 0 Å². The van der Waals surface area contributed by atoms with Crippen molar-refractivity contribution in [3.63, 3.8) is 0 Å². The Labute approximate surface area is 188 Å². The minimum absolute atomic E-state index is 0.0768. The van der Waals surface area contributed by atoms with E-state index >= 15 is 0 Å². The molecule has 0 amide bonds. The van der Waals surface area contributed by atoms with Crippen LogP contribution < -0.4 is 4.74 Å². The smallest absolute Gasteiger partial charge is 0.150 e. The molecule has 4 rings (SSSR count). The van der Waals surface area contributed by atoms with Crippen LogP contribution in [0.25, 0.3) is 11.1 Å². The zero-order valence-corrected chi connectivity index (χ0v) is 18.5. The van der Waals surface area contributed by atoms with Crippen LogP contribution in [0.4, 0.5) is 0 Å². The maximum atomic E-state index is 9.83. The summed E-state index contributed by atoms with van der Waals surface area (Å²) >= 11 is 0. The molecule has 0 aliphatic carbocycles. The Kier molecular flexibility index (Phi) is 6.33. The zero-order valence-electron chi connectivity index (χ0n) is 18.5. The summed E-state index contributed by atoms with van der Waals surface area (Å²) < 4.78 is 13.2. The van der Waals surface area contributed by atoms with Gasteiger partial charge in [0.1, 0.15) is 29.3 Å². The van der Waals surface area contributed by atoms with Crippen molar-refractivity contribution in [2.45, 2.75) is 44.6 Å². The molecule has 6 nitrogen and oxygen atoms in total. The fraction of sp³-hybridized carbons (Fsp3) is 0.346. The van der Waals surface area contributed by atoms with Crippen molar-refractivity contribution < 1.29 is 19.7 Å². The molecule has 3 aromatic rings. The van der Waals surface area contributed by atoms with Crippen molar-refractivity contribution in [3.8, 4) is 28.7 Å². The van der Waals surface area contributed by atoms with E-state index in [0.29, 0.717) is 12.4 Å². The second-order valence-corrected chi connectivity index (χ2v) is 8.46. The van der Waals surface area contributed by atoms with E-state index in [-0.39, 0.29) is 18.3 Å². The van der Waals surface area contributed by atoms with Crippen molar-refractivity contribution in [1.29, 1.82) is 0 Å². The molecule has 6 heteroatoms. The molecule has 3 atom stereocenters. The van der Waals surface area contributed by atoms with Crippen LogP contribution in [0.2, 0.25) is 0 Å². The summed E-state index contributed by atoms with van der Waals surface area (Å²) in [6.45, 7) is 6.16. The van der Waals surface area contributed by atoms with E-state index in [2.05, 4.69) is 16.8 Å². The number of aromatic nitrogens is 2. The molecule has 1 aliphatic heterocycles. The molecule has 1 unspecified atom stereocenters. The van der Waals surface area contributed by atoms with E-state index in [0.717, 1.165) is 22.4 Å². The Morgan fingerprint density at radius 3 is 2.34 bits per heavy atom. The van der Waals surface area contributed by atoms with Gasteiger partial charge in [-0.05, 0) is 56.2 Å². The standard InChI is InChI=1S/C26H28N2O4/c1-18(30)25-27-14-15-28(25)22(16-29)11-6-19-4-7-20(8-5-19)21-9-12-23(13-10-21)32-24-17-31-26(24,2)3/h4-5,7-10,12-15,18,22,24,29-30H,16-17H2,1-3H3/t18-,22-,24?/m0/s1. The molecule has 2 aromatic carbocycles. The molecule has 1 saturated heterocycles. The molecule has 2 heterocycles. The lowest BCUT2D eigenvalue weighted by Gasteiger charge is -2.43. The predicted molar refractivity (Wildman–Crippen MR) is 122 cm³/mol. The minimum Gasteiger partial charge on any atom is -0.485 e. The predicted octanol–water partition coefficient (Wildman–Crippen LogP) is 3.74. The normalized spacial score (nSPS) is 18.7. The summed E-state index contributed by atoms with van der Waals surface area (Å²) in [5.74, 6) is 7.50.